The van der Waals surface area contributed by atoms with Gasteiger partial charge in [0.25, 0.3) is 0 Å². The number of ether oxygens (including phenoxy) is 2. The van der Waals surface area contributed by atoms with E-state index in [-0.39, 0.29) is 18.1 Å². The number of carbonyl (C=O) groups excluding carboxylic acids is 1. The lowest BCUT2D eigenvalue weighted by Gasteiger charge is -2.14. The Morgan fingerprint density at radius 2 is 1.94 bits per heavy atom. The highest BCUT2D eigenvalue weighted by atomic mass is 16.7. The van der Waals surface area contributed by atoms with Crippen molar-refractivity contribution in [2.24, 2.45) is 5.92 Å². The molecule has 1 aliphatic carbocycles. The summed E-state index contributed by atoms with van der Waals surface area (Å²) in [6.07, 6.45) is 2.35. The molecule has 0 aromatic heterocycles. The summed E-state index contributed by atoms with van der Waals surface area (Å²) < 4.78 is 11.0. The zero-order valence-electron chi connectivity index (χ0n) is 9.41. The van der Waals surface area contributed by atoms with Gasteiger partial charge < -0.3 is 9.47 Å². The van der Waals surface area contributed by atoms with Gasteiger partial charge in [-0.15, -0.1) is 0 Å². The van der Waals surface area contributed by atoms with Gasteiger partial charge in [-0.3, -0.25) is 4.79 Å². The maximum Gasteiger partial charge on any atom is 0.143 e. The number of rotatable bonds is 3. The van der Waals surface area contributed by atoms with E-state index in [1.807, 2.05) is 30.3 Å². The average Bonchev–Trinajstić information content (AvgIpc) is 3.20. The van der Waals surface area contributed by atoms with E-state index >= 15 is 0 Å². The van der Waals surface area contributed by atoms with E-state index in [2.05, 4.69) is 0 Å². The van der Waals surface area contributed by atoms with Gasteiger partial charge in [0.2, 0.25) is 0 Å². The zero-order chi connectivity index (χ0) is 11.4. The van der Waals surface area contributed by atoms with Gasteiger partial charge in [0.15, 0.2) is 0 Å². The molecule has 1 aromatic carbocycles. The molecule has 3 nitrogen and oxygen atoms in total. The van der Waals surface area contributed by atoms with Crippen molar-refractivity contribution in [2.75, 3.05) is 0 Å². The van der Waals surface area contributed by atoms with Crippen molar-refractivity contribution in [3.8, 4) is 0 Å². The van der Waals surface area contributed by atoms with Gasteiger partial charge in [0.05, 0.1) is 12.2 Å². The Bertz CT molecular complexity index is 456. The number of benzene rings is 1. The fourth-order valence-electron chi connectivity index (χ4n) is 2.99. The van der Waals surface area contributed by atoms with E-state index in [0.717, 1.165) is 12.0 Å². The summed E-state index contributed by atoms with van der Waals surface area (Å²) >= 11 is 0. The Morgan fingerprint density at radius 1 is 1.12 bits per heavy atom. The molecule has 88 valence electrons. The van der Waals surface area contributed by atoms with Crippen molar-refractivity contribution in [1.29, 1.82) is 0 Å². The molecule has 2 saturated heterocycles. The molecular weight excluding hydrogens is 216 g/mol. The molecule has 17 heavy (non-hydrogen) atoms. The molecule has 1 saturated carbocycles. The molecule has 4 rings (SSSR count). The maximum absolute atomic E-state index is 12.2. The van der Waals surface area contributed by atoms with Gasteiger partial charge >= 0.3 is 0 Å². The van der Waals surface area contributed by atoms with E-state index in [1.165, 1.54) is 0 Å². The fourth-order valence-corrected chi connectivity index (χ4v) is 2.99. The second kappa shape index (κ2) is 3.40. The maximum atomic E-state index is 12.2. The molecule has 0 spiro atoms. The molecule has 0 amide bonds. The quantitative estimate of drug-likeness (QED) is 0.736. The molecular formula is C14H14O3. The van der Waals surface area contributed by atoms with E-state index in [1.54, 1.807) is 0 Å². The number of carbonyl (C=O) groups is 1. The van der Waals surface area contributed by atoms with Crippen LogP contribution in [0.3, 0.4) is 0 Å². The molecule has 0 bridgehead atoms. The van der Waals surface area contributed by atoms with Crippen LogP contribution in [0.1, 0.15) is 12.0 Å². The van der Waals surface area contributed by atoms with Crippen molar-refractivity contribution in [3.05, 3.63) is 35.9 Å². The predicted octanol–water partition coefficient (Wildman–Crippen LogP) is 1.35. The second-order valence-electron chi connectivity index (χ2n) is 5.18. The smallest absolute Gasteiger partial charge is 0.143 e. The summed E-state index contributed by atoms with van der Waals surface area (Å²) in [5, 5.41) is 0. The summed E-state index contributed by atoms with van der Waals surface area (Å²) in [6.45, 7) is 0. The van der Waals surface area contributed by atoms with Crippen LogP contribution >= 0.6 is 0 Å². The van der Waals surface area contributed by atoms with Crippen molar-refractivity contribution in [1.82, 2.24) is 0 Å². The number of epoxide rings is 2. The first-order valence-corrected chi connectivity index (χ1v) is 6.20. The number of hydrogen-bond acceptors (Lipinski definition) is 3. The number of ketones is 1. The fraction of sp³-hybridized carbons (Fsp3) is 0.500. The largest absolute Gasteiger partial charge is 0.367 e. The summed E-state index contributed by atoms with van der Waals surface area (Å²) in [5.74, 6) is 0.363. The van der Waals surface area contributed by atoms with Gasteiger partial charge in [-0.2, -0.15) is 0 Å². The van der Waals surface area contributed by atoms with E-state index in [9.17, 15) is 4.79 Å². The van der Waals surface area contributed by atoms with E-state index < -0.39 is 0 Å². The third-order valence-corrected chi connectivity index (χ3v) is 4.02. The van der Waals surface area contributed by atoms with Crippen molar-refractivity contribution >= 4 is 5.78 Å². The lowest BCUT2D eigenvalue weighted by atomic mass is 9.84. The van der Waals surface area contributed by atoms with Crippen LogP contribution in [0, 0.1) is 5.92 Å². The van der Waals surface area contributed by atoms with Gasteiger partial charge in [-0.1, -0.05) is 30.3 Å². The van der Waals surface area contributed by atoms with Crippen LogP contribution < -0.4 is 0 Å². The zero-order valence-corrected chi connectivity index (χ0v) is 9.41. The molecule has 3 fully saturated rings. The first-order valence-electron chi connectivity index (χ1n) is 6.20. The molecule has 0 radical (unpaired) electrons. The van der Waals surface area contributed by atoms with Crippen molar-refractivity contribution < 1.29 is 14.3 Å². The van der Waals surface area contributed by atoms with Gasteiger partial charge in [0, 0.05) is 12.3 Å². The van der Waals surface area contributed by atoms with Crippen molar-refractivity contribution in [2.45, 2.75) is 37.3 Å². The van der Waals surface area contributed by atoms with Crippen LogP contribution in [-0.2, 0) is 20.7 Å². The summed E-state index contributed by atoms with van der Waals surface area (Å²) in [5.41, 5.74) is 1.09. The number of hydrogen-bond donors (Lipinski definition) is 0. The average molecular weight is 230 g/mol. The number of fused-ring (bicyclic) bond motifs is 3. The minimum atomic E-state index is 0.0592. The first kappa shape index (κ1) is 9.80. The molecule has 1 aromatic rings. The standard InChI is InChI=1S/C14H14O3/c15-10(6-8-4-2-1-3-5-8)9-7-11-13(16-11)14-12(9)17-14/h1-5,9,11-14H,6-7H2. The molecule has 3 heteroatoms. The molecule has 5 unspecified atom stereocenters. The van der Waals surface area contributed by atoms with Crippen LogP contribution in [0.5, 0.6) is 0 Å². The monoisotopic (exact) mass is 230 g/mol. The van der Waals surface area contributed by atoms with Crippen LogP contribution in [0.2, 0.25) is 0 Å². The van der Waals surface area contributed by atoms with Crippen LogP contribution in [-0.4, -0.2) is 30.2 Å². The minimum Gasteiger partial charge on any atom is -0.367 e. The van der Waals surface area contributed by atoms with E-state index in [0.29, 0.717) is 24.4 Å². The summed E-state index contributed by atoms with van der Waals surface area (Å²) in [7, 11) is 0. The SMILES string of the molecule is O=C(Cc1ccccc1)C1CC2OC2C2OC12. The molecule has 2 aliphatic heterocycles. The molecule has 3 aliphatic rings. The Balaban J connectivity index is 1.47. The Kier molecular flexibility index (Phi) is 1.96. The van der Waals surface area contributed by atoms with E-state index in [4.69, 9.17) is 9.47 Å². The third-order valence-electron chi connectivity index (χ3n) is 4.02. The predicted molar refractivity (Wildman–Crippen MR) is 60.6 cm³/mol. The van der Waals surface area contributed by atoms with Gasteiger partial charge in [-0.05, 0) is 12.0 Å². The summed E-state index contributed by atoms with van der Waals surface area (Å²) in [4.78, 5) is 12.2. The van der Waals surface area contributed by atoms with Crippen LogP contribution in [0.15, 0.2) is 30.3 Å². The van der Waals surface area contributed by atoms with Crippen molar-refractivity contribution in [3.63, 3.8) is 0 Å². The first-order chi connectivity index (χ1) is 8.33. The normalized spacial score (nSPS) is 41.3. The third kappa shape index (κ3) is 1.61. The van der Waals surface area contributed by atoms with Gasteiger partial charge in [-0.25, -0.2) is 0 Å². The topological polar surface area (TPSA) is 42.1 Å². The Labute approximate surface area is 99.7 Å². The molecule has 2 heterocycles. The second-order valence-corrected chi connectivity index (χ2v) is 5.18. The lowest BCUT2D eigenvalue weighted by Crippen LogP contribution is -2.30. The highest BCUT2D eigenvalue weighted by molar-refractivity contribution is 5.84. The minimum absolute atomic E-state index is 0.0592. The van der Waals surface area contributed by atoms with Crippen LogP contribution in [0.25, 0.3) is 0 Å². The Morgan fingerprint density at radius 3 is 2.76 bits per heavy atom. The highest BCUT2D eigenvalue weighted by Crippen LogP contribution is 2.51. The highest BCUT2D eigenvalue weighted by Gasteiger charge is 2.65. The van der Waals surface area contributed by atoms with Gasteiger partial charge in [0.1, 0.15) is 18.0 Å². The molecule has 0 N–H and O–H groups in total. The Hall–Kier alpha value is -1.19. The summed E-state index contributed by atoms with van der Waals surface area (Å²) in [6, 6.07) is 9.92. The van der Waals surface area contributed by atoms with Crippen LogP contribution in [0.4, 0.5) is 0 Å². The molecule has 5 atom stereocenters. The lowest BCUT2D eigenvalue weighted by molar-refractivity contribution is -0.123. The number of Topliss-reactive ketones (excluding diaryl/α,β-unsaturated/α-hetero) is 1.